The van der Waals surface area contributed by atoms with Gasteiger partial charge in [-0.3, -0.25) is 4.79 Å². The van der Waals surface area contributed by atoms with Crippen molar-refractivity contribution in [3.05, 3.63) is 82.4 Å². The van der Waals surface area contributed by atoms with Crippen LogP contribution in [0, 0.1) is 6.92 Å². The van der Waals surface area contributed by atoms with Crippen molar-refractivity contribution in [2.24, 2.45) is 0 Å². The van der Waals surface area contributed by atoms with Crippen molar-refractivity contribution in [1.29, 1.82) is 0 Å². The number of nitrogens with one attached hydrogen (secondary N) is 1. The average Bonchev–Trinajstić information content (AvgIpc) is 2.74. The van der Waals surface area contributed by atoms with Gasteiger partial charge in [-0.1, -0.05) is 23.7 Å². The number of hydrogen-bond donors (Lipinski definition) is 1. The fourth-order valence-electron chi connectivity index (χ4n) is 2.76. The maximum Gasteiger partial charge on any atom is 0.255 e. The van der Waals surface area contributed by atoms with E-state index >= 15 is 0 Å². The van der Waals surface area contributed by atoms with E-state index in [1.54, 1.807) is 44.6 Å². The van der Waals surface area contributed by atoms with Gasteiger partial charge in [-0.15, -0.1) is 0 Å². The summed E-state index contributed by atoms with van der Waals surface area (Å²) in [5, 5.41) is 3.46. The first-order valence-electron chi connectivity index (χ1n) is 9.01. The molecule has 0 radical (unpaired) electrons. The summed E-state index contributed by atoms with van der Waals surface area (Å²) in [6.07, 6.45) is 0. The summed E-state index contributed by atoms with van der Waals surface area (Å²) in [5.41, 5.74) is 2.83. The van der Waals surface area contributed by atoms with E-state index in [-0.39, 0.29) is 12.5 Å². The minimum absolute atomic E-state index is 0.241. The van der Waals surface area contributed by atoms with Crippen molar-refractivity contribution in [1.82, 2.24) is 0 Å². The molecule has 0 aromatic heterocycles. The second-order valence-electron chi connectivity index (χ2n) is 6.41. The lowest BCUT2D eigenvalue weighted by Crippen LogP contribution is -2.13. The molecule has 150 valence electrons. The predicted molar refractivity (Wildman–Crippen MR) is 114 cm³/mol. The van der Waals surface area contributed by atoms with Gasteiger partial charge in [0, 0.05) is 27.9 Å². The summed E-state index contributed by atoms with van der Waals surface area (Å²) in [7, 11) is 3.18. The third kappa shape index (κ3) is 5.21. The van der Waals surface area contributed by atoms with Crippen LogP contribution in [0.4, 0.5) is 5.69 Å². The van der Waals surface area contributed by atoms with Crippen LogP contribution in [0.3, 0.4) is 0 Å². The Balaban J connectivity index is 1.76. The molecule has 0 heterocycles. The molecule has 5 nitrogen and oxygen atoms in total. The van der Waals surface area contributed by atoms with E-state index in [0.717, 1.165) is 11.1 Å². The molecule has 0 aliphatic heterocycles. The lowest BCUT2D eigenvalue weighted by molar-refractivity contribution is 0.102. The molecule has 0 unspecified atom stereocenters. The third-order valence-corrected chi connectivity index (χ3v) is 4.82. The molecule has 1 amide bonds. The average molecular weight is 412 g/mol. The van der Waals surface area contributed by atoms with Gasteiger partial charge in [-0.25, -0.2) is 0 Å². The second kappa shape index (κ2) is 9.34. The molecular formula is C23H22ClNO4. The van der Waals surface area contributed by atoms with Crippen molar-refractivity contribution < 1.29 is 19.0 Å². The van der Waals surface area contributed by atoms with Crippen molar-refractivity contribution in [3.8, 4) is 17.2 Å². The standard InChI is InChI=1S/C23H22ClNO4/c1-15-7-9-18(12-21(15)24)25-23(26)16-8-10-22(28-3)17(11-16)14-29-20-6-4-5-19(13-20)27-2/h4-13H,14H2,1-3H3,(H,25,26). The summed E-state index contributed by atoms with van der Waals surface area (Å²) in [4.78, 5) is 12.7. The van der Waals surface area contributed by atoms with Crippen molar-refractivity contribution in [2.75, 3.05) is 19.5 Å². The highest BCUT2D eigenvalue weighted by atomic mass is 35.5. The largest absolute Gasteiger partial charge is 0.497 e. The number of carbonyl (C=O) groups excluding carboxylic acids is 1. The summed E-state index contributed by atoms with van der Waals surface area (Å²) in [5.74, 6) is 1.77. The number of methoxy groups -OCH3 is 2. The number of amides is 1. The fraction of sp³-hybridized carbons (Fsp3) is 0.174. The lowest BCUT2D eigenvalue weighted by Gasteiger charge is -2.13. The Morgan fingerprint density at radius 2 is 1.76 bits per heavy atom. The molecule has 1 N–H and O–H groups in total. The molecule has 0 spiro atoms. The molecule has 0 saturated carbocycles. The summed E-state index contributed by atoms with van der Waals surface area (Å²) in [6.45, 7) is 2.15. The van der Waals surface area contributed by atoms with E-state index < -0.39 is 0 Å². The number of rotatable bonds is 7. The Morgan fingerprint density at radius 1 is 0.966 bits per heavy atom. The van der Waals surface area contributed by atoms with Gasteiger partial charge < -0.3 is 19.5 Å². The molecular weight excluding hydrogens is 390 g/mol. The van der Waals surface area contributed by atoms with Crippen LogP contribution in [0.15, 0.2) is 60.7 Å². The Hall–Kier alpha value is -3.18. The molecule has 0 aliphatic carbocycles. The Kier molecular flexibility index (Phi) is 6.62. The van der Waals surface area contributed by atoms with Crippen LogP contribution in [-0.2, 0) is 6.61 Å². The Labute approximate surface area is 175 Å². The van der Waals surface area contributed by atoms with E-state index in [0.29, 0.717) is 33.5 Å². The highest BCUT2D eigenvalue weighted by Crippen LogP contribution is 2.25. The zero-order valence-corrected chi connectivity index (χ0v) is 17.2. The van der Waals surface area contributed by atoms with Crippen LogP contribution in [0.2, 0.25) is 5.02 Å². The van der Waals surface area contributed by atoms with E-state index in [2.05, 4.69) is 5.32 Å². The fourth-order valence-corrected chi connectivity index (χ4v) is 2.94. The van der Waals surface area contributed by atoms with Gasteiger partial charge in [0.25, 0.3) is 5.91 Å². The SMILES string of the molecule is COc1cccc(OCc2cc(C(=O)Nc3ccc(C)c(Cl)c3)ccc2OC)c1. The number of ether oxygens (including phenoxy) is 3. The van der Waals surface area contributed by atoms with Gasteiger partial charge in [0.2, 0.25) is 0 Å². The Morgan fingerprint density at radius 3 is 2.48 bits per heavy atom. The molecule has 0 aliphatic rings. The maximum absolute atomic E-state index is 12.7. The minimum atomic E-state index is -0.241. The van der Waals surface area contributed by atoms with Crippen molar-refractivity contribution in [2.45, 2.75) is 13.5 Å². The van der Waals surface area contributed by atoms with Crippen LogP contribution >= 0.6 is 11.6 Å². The van der Waals surface area contributed by atoms with E-state index in [1.165, 1.54) is 0 Å². The van der Waals surface area contributed by atoms with Gasteiger partial charge in [0.15, 0.2) is 0 Å². The van der Waals surface area contributed by atoms with Gasteiger partial charge in [0.05, 0.1) is 14.2 Å². The molecule has 0 atom stereocenters. The highest BCUT2D eigenvalue weighted by molar-refractivity contribution is 6.31. The number of benzene rings is 3. The van der Waals surface area contributed by atoms with Gasteiger partial charge >= 0.3 is 0 Å². The molecule has 6 heteroatoms. The molecule has 29 heavy (non-hydrogen) atoms. The van der Waals surface area contributed by atoms with E-state index in [4.69, 9.17) is 25.8 Å². The molecule has 3 aromatic rings. The summed E-state index contributed by atoms with van der Waals surface area (Å²) in [6, 6.07) is 17.9. The highest BCUT2D eigenvalue weighted by Gasteiger charge is 2.12. The summed E-state index contributed by atoms with van der Waals surface area (Å²) < 4.78 is 16.5. The molecule has 3 rings (SSSR count). The molecule has 0 fully saturated rings. The quantitative estimate of drug-likeness (QED) is 0.558. The molecule has 0 saturated heterocycles. The van der Waals surface area contributed by atoms with Crippen LogP contribution in [0.25, 0.3) is 0 Å². The predicted octanol–water partition coefficient (Wildman–Crippen LogP) is 5.50. The Bertz CT molecular complexity index is 1020. The zero-order valence-electron chi connectivity index (χ0n) is 16.5. The van der Waals surface area contributed by atoms with E-state index in [1.807, 2.05) is 37.3 Å². The lowest BCUT2D eigenvalue weighted by atomic mass is 10.1. The van der Waals surface area contributed by atoms with Crippen molar-refractivity contribution in [3.63, 3.8) is 0 Å². The first-order chi connectivity index (χ1) is 14.0. The van der Waals surface area contributed by atoms with Crippen LogP contribution < -0.4 is 19.5 Å². The number of carbonyl (C=O) groups is 1. The smallest absolute Gasteiger partial charge is 0.255 e. The zero-order chi connectivity index (χ0) is 20.8. The normalized spacial score (nSPS) is 10.3. The van der Waals surface area contributed by atoms with Crippen LogP contribution in [0.1, 0.15) is 21.5 Å². The van der Waals surface area contributed by atoms with Gasteiger partial charge in [-0.05, 0) is 55.0 Å². The number of hydrogen-bond acceptors (Lipinski definition) is 4. The maximum atomic E-state index is 12.7. The minimum Gasteiger partial charge on any atom is -0.497 e. The number of aryl methyl sites for hydroxylation is 1. The number of anilines is 1. The van der Waals surface area contributed by atoms with Gasteiger partial charge in [-0.2, -0.15) is 0 Å². The van der Waals surface area contributed by atoms with Crippen LogP contribution in [-0.4, -0.2) is 20.1 Å². The monoisotopic (exact) mass is 411 g/mol. The van der Waals surface area contributed by atoms with Crippen molar-refractivity contribution >= 4 is 23.2 Å². The summed E-state index contributed by atoms with van der Waals surface area (Å²) >= 11 is 6.14. The number of halogens is 1. The second-order valence-corrected chi connectivity index (χ2v) is 6.82. The molecule has 3 aromatic carbocycles. The van der Waals surface area contributed by atoms with E-state index in [9.17, 15) is 4.79 Å². The third-order valence-electron chi connectivity index (χ3n) is 4.41. The first kappa shape index (κ1) is 20.6. The van der Waals surface area contributed by atoms with Crippen LogP contribution in [0.5, 0.6) is 17.2 Å². The molecule has 0 bridgehead atoms. The first-order valence-corrected chi connectivity index (χ1v) is 9.39. The van der Waals surface area contributed by atoms with Gasteiger partial charge in [0.1, 0.15) is 23.9 Å². The topological polar surface area (TPSA) is 56.8 Å².